The molecule has 0 bridgehead atoms. The van der Waals surface area contributed by atoms with Gasteiger partial charge in [-0.05, 0) is 107 Å². The van der Waals surface area contributed by atoms with Gasteiger partial charge in [0.05, 0.1) is 12.1 Å². The SMILES string of the molecule is Cc1cc(C)c(CN2CCc3c(c(C)c4c(c3-c3ccsc3)O[C@@](C)([C@H]3CC[C@H](N(C)C)CC3)O4)C2=O)c(=O)[nH]1. The van der Waals surface area contributed by atoms with Crippen molar-refractivity contribution in [3.8, 4) is 22.6 Å². The van der Waals surface area contributed by atoms with E-state index in [9.17, 15) is 9.59 Å². The van der Waals surface area contributed by atoms with Crippen molar-refractivity contribution in [2.75, 3.05) is 20.6 Å². The Hall–Kier alpha value is -3.10. The molecule has 2 aliphatic heterocycles. The number of benzene rings is 1. The van der Waals surface area contributed by atoms with Crippen molar-refractivity contribution in [2.45, 2.75) is 78.2 Å². The molecule has 6 rings (SSSR count). The fourth-order valence-electron chi connectivity index (χ4n) is 6.99. The van der Waals surface area contributed by atoms with Gasteiger partial charge in [-0.1, -0.05) is 0 Å². The lowest BCUT2D eigenvalue weighted by molar-refractivity contribution is -0.123. The molecule has 0 radical (unpaired) electrons. The lowest BCUT2D eigenvalue weighted by Gasteiger charge is -2.39. The highest BCUT2D eigenvalue weighted by Gasteiger charge is 2.49. The van der Waals surface area contributed by atoms with Gasteiger partial charge in [-0.15, -0.1) is 0 Å². The number of pyridine rings is 1. The number of H-pyrrole nitrogens is 1. The number of carbonyl (C=O) groups excluding carboxylic acids is 1. The summed E-state index contributed by atoms with van der Waals surface area (Å²) in [5.74, 6) is 0.914. The molecular weight excluding hydrogens is 522 g/mol. The predicted octanol–water partition coefficient (Wildman–Crippen LogP) is 5.83. The van der Waals surface area contributed by atoms with E-state index >= 15 is 0 Å². The molecule has 212 valence electrons. The Morgan fingerprint density at radius 3 is 2.45 bits per heavy atom. The van der Waals surface area contributed by atoms with E-state index in [0.717, 1.165) is 64.9 Å². The zero-order chi connectivity index (χ0) is 28.3. The molecule has 8 heteroatoms. The van der Waals surface area contributed by atoms with Crippen molar-refractivity contribution in [1.29, 1.82) is 0 Å². The molecule has 7 nitrogen and oxygen atoms in total. The maximum absolute atomic E-state index is 14.1. The van der Waals surface area contributed by atoms with E-state index in [2.05, 4.69) is 47.7 Å². The van der Waals surface area contributed by atoms with Crippen LogP contribution in [0.5, 0.6) is 11.5 Å². The average molecular weight is 562 g/mol. The summed E-state index contributed by atoms with van der Waals surface area (Å²) in [6, 6.07) is 4.65. The number of hydrogen-bond acceptors (Lipinski definition) is 6. The highest BCUT2D eigenvalue weighted by molar-refractivity contribution is 7.08. The molecule has 1 amide bonds. The van der Waals surface area contributed by atoms with Gasteiger partial charge in [-0.25, -0.2) is 0 Å². The summed E-state index contributed by atoms with van der Waals surface area (Å²) in [4.78, 5) is 33.9. The number of nitrogens with zero attached hydrogens (tertiary/aromatic N) is 2. The summed E-state index contributed by atoms with van der Waals surface area (Å²) in [7, 11) is 4.31. The molecule has 1 aliphatic carbocycles. The number of aromatic nitrogens is 1. The molecule has 0 saturated heterocycles. The first-order valence-electron chi connectivity index (χ1n) is 14.3. The largest absolute Gasteiger partial charge is 0.448 e. The van der Waals surface area contributed by atoms with Gasteiger partial charge in [0.2, 0.25) is 0 Å². The van der Waals surface area contributed by atoms with Crippen molar-refractivity contribution in [3.63, 3.8) is 0 Å². The number of aryl methyl sites for hydroxylation is 2. The lowest BCUT2D eigenvalue weighted by Crippen LogP contribution is -2.46. The highest BCUT2D eigenvalue weighted by atomic mass is 32.1. The monoisotopic (exact) mass is 561 g/mol. The number of carbonyl (C=O) groups is 1. The average Bonchev–Trinajstić information content (AvgIpc) is 3.56. The Bertz CT molecular complexity index is 1520. The van der Waals surface area contributed by atoms with Crippen LogP contribution in [0.25, 0.3) is 11.1 Å². The Balaban J connectivity index is 1.38. The number of hydrogen-bond donors (Lipinski definition) is 1. The van der Waals surface area contributed by atoms with Crippen LogP contribution in [0.1, 0.15) is 70.9 Å². The fourth-order valence-corrected chi connectivity index (χ4v) is 7.64. The molecule has 0 spiro atoms. The standard InChI is InChI=1S/C32H39N3O4S/c1-18-15-19(2)33-30(36)25(18)16-35-13-11-24-26(31(35)37)20(3)28-29(27(24)21-12-14-40-17-21)39-32(4,38-28)22-7-9-23(10-8-22)34(5)6/h12,14-15,17,22-23H,7-11,13,16H2,1-6H3,(H,33,36)/t22-,23-,32-/m0/s1. The van der Waals surface area contributed by atoms with E-state index < -0.39 is 5.79 Å². The van der Waals surface area contributed by atoms with Crippen molar-refractivity contribution in [2.24, 2.45) is 5.92 Å². The summed E-state index contributed by atoms with van der Waals surface area (Å²) >= 11 is 1.64. The molecule has 1 N–H and O–H groups in total. The van der Waals surface area contributed by atoms with Crippen LogP contribution < -0.4 is 15.0 Å². The zero-order valence-electron chi connectivity index (χ0n) is 24.3. The third kappa shape index (κ3) is 4.45. The van der Waals surface area contributed by atoms with Crippen molar-refractivity contribution < 1.29 is 14.3 Å². The molecule has 1 saturated carbocycles. The second-order valence-electron chi connectivity index (χ2n) is 12.1. The Morgan fingerprint density at radius 2 is 1.80 bits per heavy atom. The molecule has 40 heavy (non-hydrogen) atoms. The number of rotatable bonds is 5. The van der Waals surface area contributed by atoms with Gasteiger partial charge in [0.25, 0.3) is 17.3 Å². The lowest BCUT2D eigenvalue weighted by atomic mass is 9.81. The Morgan fingerprint density at radius 1 is 1.07 bits per heavy atom. The van der Waals surface area contributed by atoms with Gasteiger partial charge in [-0.3, -0.25) is 9.59 Å². The van der Waals surface area contributed by atoms with Gasteiger partial charge in [0, 0.05) is 47.8 Å². The first-order chi connectivity index (χ1) is 19.1. The van der Waals surface area contributed by atoms with E-state index in [1.54, 1.807) is 11.3 Å². The van der Waals surface area contributed by atoms with Crippen LogP contribution in [0.2, 0.25) is 0 Å². The molecule has 3 aliphatic rings. The van der Waals surface area contributed by atoms with Gasteiger partial charge < -0.3 is 24.3 Å². The molecule has 2 aromatic heterocycles. The minimum absolute atomic E-state index is 0.0545. The molecule has 1 aromatic carbocycles. The molecular formula is C32H39N3O4S. The predicted molar refractivity (Wildman–Crippen MR) is 159 cm³/mol. The van der Waals surface area contributed by atoms with Crippen LogP contribution >= 0.6 is 11.3 Å². The van der Waals surface area contributed by atoms with Gasteiger partial charge >= 0.3 is 0 Å². The Labute approximate surface area is 240 Å². The number of amides is 1. The topological polar surface area (TPSA) is 74.9 Å². The van der Waals surface area contributed by atoms with E-state index in [1.165, 1.54) is 0 Å². The minimum Gasteiger partial charge on any atom is -0.448 e. The maximum Gasteiger partial charge on any atom is 0.254 e. The molecule has 3 aromatic rings. The van der Waals surface area contributed by atoms with Gasteiger partial charge in [-0.2, -0.15) is 11.3 Å². The van der Waals surface area contributed by atoms with E-state index in [0.29, 0.717) is 35.9 Å². The van der Waals surface area contributed by atoms with Crippen LogP contribution in [-0.4, -0.2) is 53.2 Å². The molecule has 0 unspecified atom stereocenters. The fraction of sp³-hybridized carbons (Fsp3) is 0.500. The van der Waals surface area contributed by atoms with Crippen LogP contribution in [0.3, 0.4) is 0 Å². The van der Waals surface area contributed by atoms with Crippen molar-refractivity contribution in [1.82, 2.24) is 14.8 Å². The smallest absolute Gasteiger partial charge is 0.254 e. The number of ether oxygens (including phenoxy) is 2. The molecule has 4 heterocycles. The molecule has 1 fully saturated rings. The number of aromatic amines is 1. The number of thiophene rings is 1. The van der Waals surface area contributed by atoms with Crippen LogP contribution in [-0.2, 0) is 13.0 Å². The first-order valence-corrected chi connectivity index (χ1v) is 15.3. The van der Waals surface area contributed by atoms with Crippen LogP contribution in [0.4, 0.5) is 0 Å². The third-order valence-corrected chi connectivity index (χ3v) is 10.00. The van der Waals surface area contributed by atoms with Gasteiger partial charge in [0.1, 0.15) is 0 Å². The summed E-state index contributed by atoms with van der Waals surface area (Å²) < 4.78 is 13.6. The summed E-state index contributed by atoms with van der Waals surface area (Å²) in [6.07, 6.45) is 5.01. The quantitative estimate of drug-likeness (QED) is 0.424. The minimum atomic E-state index is -0.770. The second kappa shape index (κ2) is 10.1. The molecule has 1 atom stereocenters. The van der Waals surface area contributed by atoms with Crippen LogP contribution in [0, 0.1) is 26.7 Å². The van der Waals surface area contributed by atoms with E-state index in [-0.39, 0.29) is 23.9 Å². The second-order valence-corrected chi connectivity index (χ2v) is 12.9. The summed E-state index contributed by atoms with van der Waals surface area (Å²) in [6.45, 7) is 8.70. The zero-order valence-corrected chi connectivity index (χ0v) is 25.2. The number of nitrogens with one attached hydrogen (secondary N) is 1. The third-order valence-electron chi connectivity index (χ3n) is 9.32. The van der Waals surface area contributed by atoms with E-state index in [4.69, 9.17) is 9.47 Å². The summed E-state index contributed by atoms with van der Waals surface area (Å²) in [5.41, 5.74) is 6.83. The van der Waals surface area contributed by atoms with E-state index in [1.807, 2.05) is 31.7 Å². The summed E-state index contributed by atoms with van der Waals surface area (Å²) in [5, 5.41) is 4.19. The van der Waals surface area contributed by atoms with Crippen LogP contribution in [0.15, 0.2) is 27.7 Å². The highest BCUT2D eigenvalue weighted by Crippen LogP contribution is 2.55. The van der Waals surface area contributed by atoms with Crippen molar-refractivity contribution >= 4 is 17.2 Å². The normalized spacial score (nSPS) is 24.1. The Kier molecular flexibility index (Phi) is 6.82. The van der Waals surface area contributed by atoms with Gasteiger partial charge in [0.15, 0.2) is 11.5 Å². The number of fused-ring (bicyclic) bond motifs is 2. The maximum atomic E-state index is 14.1. The van der Waals surface area contributed by atoms with Crippen molar-refractivity contribution in [3.05, 3.63) is 66.8 Å². The first kappa shape index (κ1) is 27.1.